The topological polar surface area (TPSA) is 61.4 Å². The molecule has 1 amide bonds. The third-order valence-corrected chi connectivity index (χ3v) is 6.22. The molecule has 34 heavy (non-hydrogen) atoms. The van der Waals surface area contributed by atoms with Crippen LogP contribution in [0.25, 0.3) is 11.1 Å². The molecule has 0 fully saturated rings. The number of carbonyl (C=O) groups excluding carboxylic acids is 1. The molecular formula is C29H25FN2O2. The lowest BCUT2D eigenvalue weighted by molar-refractivity contribution is 0.0858. The van der Waals surface area contributed by atoms with Gasteiger partial charge < -0.3 is 15.7 Å². The van der Waals surface area contributed by atoms with Gasteiger partial charge in [0.05, 0.1) is 12.1 Å². The molecule has 0 spiro atoms. The fourth-order valence-corrected chi connectivity index (χ4v) is 4.43. The second-order valence-electron chi connectivity index (χ2n) is 8.56. The smallest absolute Gasteiger partial charge is 0.251 e. The summed E-state index contributed by atoms with van der Waals surface area (Å²) in [6.07, 6.45) is -0.195. The van der Waals surface area contributed by atoms with E-state index >= 15 is 0 Å². The molecule has 3 N–H and O–H groups in total. The molecule has 5 rings (SSSR count). The predicted molar refractivity (Wildman–Crippen MR) is 132 cm³/mol. The molecule has 0 unspecified atom stereocenters. The minimum absolute atomic E-state index is 0.222. The summed E-state index contributed by atoms with van der Waals surface area (Å²) in [6.45, 7) is 0.508. The van der Waals surface area contributed by atoms with Gasteiger partial charge in [0.25, 0.3) is 5.91 Å². The monoisotopic (exact) mass is 452 g/mol. The van der Waals surface area contributed by atoms with Crippen LogP contribution in [0, 0.1) is 5.82 Å². The Kier molecular flexibility index (Phi) is 6.11. The Labute approximate surface area is 198 Å². The number of fused-ring (bicyclic) bond motifs is 1. The van der Waals surface area contributed by atoms with Gasteiger partial charge in [-0.05, 0) is 58.1 Å². The summed E-state index contributed by atoms with van der Waals surface area (Å²) in [6, 6.07) is 29.3. The van der Waals surface area contributed by atoms with E-state index in [1.807, 2.05) is 66.7 Å². The van der Waals surface area contributed by atoms with Crippen molar-refractivity contribution in [3.8, 4) is 11.1 Å². The zero-order valence-electron chi connectivity index (χ0n) is 18.5. The average molecular weight is 453 g/mol. The first-order chi connectivity index (χ1) is 16.6. The maximum atomic E-state index is 13.4. The fourth-order valence-electron chi connectivity index (χ4n) is 4.43. The first-order valence-electron chi connectivity index (χ1n) is 11.3. The summed E-state index contributed by atoms with van der Waals surface area (Å²) in [4.78, 5) is 13.0. The normalized spacial score (nSPS) is 16.6. The van der Waals surface area contributed by atoms with Crippen LogP contribution in [-0.2, 0) is 13.0 Å². The van der Waals surface area contributed by atoms with E-state index in [-0.39, 0.29) is 11.7 Å². The molecule has 0 saturated carbocycles. The Bertz CT molecular complexity index is 1310. The van der Waals surface area contributed by atoms with Crippen LogP contribution in [0.2, 0.25) is 0 Å². The first kappa shape index (κ1) is 21.9. The summed E-state index contributed by atoms with van der Waals surface area (Å²) in [5.41, 5.74) is 6.30. The van der Waals surface area contributed by atoms with E-state index in [4.69, 9.17) is 0 Å². The van der Waals surface area contributed by atoms with Crippen LogP contribution in [0.3, 0.4) is 0 Å². The maximum absolute atomic E-state index is 13.4. The second-order valence-corrected chi connectivity index (χ2v) is 8.56. The van der Waals surface area contributed by atoms with Crippen molar-refractivity contribution in [2.45, 2.75) is 25.1 Å². The van der Waals surface area contributed by atoms with Crippen molar-refractivity contribution < 1.29 is 14.3 Å². The number of amides is 1. The highest BCUT2D eigenvalue weighted by Gasteiger charge is 2.32. The molecule has 0 aromatic heterocycles. The van der Waals surface area contributed by atoms with Crippen molar-refractivity contribution in [3.63, 3.8) is 0 Å². The number of nitrogens with one attached hydrogen (secondary N) is 2. The third-order valence-electron chi connectivity index (χ3n) is 6.22. The number of benzene rings is 4. The zero-order valence-corrected chi connectivity index (χ0v) is 18.5. The van der Waals surface area contributed by atoms with Gasteiger partial charge in [-0.2, -0.15) is 0 Å². The van der Waals surface area contributed by atoms with Crippen molar-refractivity contribution in [3.05, 3.63) is 125 Å². The first-order valence-corrected chi connectivity index (χ1v) is 11.3. The molecule has 1 aliphatic rings. The molecule has 4 aromatic rings. The lowest BCUT2D eigenvalue weighted by Crippen LogP contribution is -2.33. The van der Waals surface area contributed by atoms with Gasteiger partial charge in [0.15, 0.2) is 0 Å². The lowest BCUT2D eigenvalue weighted by atomic mass is 10.0. The SMILES string of the molecule is O=C(N[C@@H]1c2cc(CNc3cccc(F)c3)ccc2C[C@H]1O)c1ccc(-c2ccccc2)cc1. The number of rotatable bonds is 6. The standard InChI is InChI=1S/C29H25FN2O2/c30-24-7-4-8-25(17-24)31-18-19-9-10-23-16-27(33)28(26(23)15-19)32-29(34)22-13-11-21(12-14-22)20-5-2-1-3-6-20/h1-15,17,27-28,31,33H,16,18H2,(H,32,34)/t27-,28-/m1/s1. The molecule has 0 heterocycles. The van der Waals surface area contributed by atoms with E-state index in [9.17, 15) is 14.3 Å². The van der Waals surface area contributed by atoms with Crippen LogP contribution in [0.4, 0.5) is 10.1 Å². The number of aliphatic hydroxyl groups is 1. The summed E-state index contributed by atoms with van der Waals surface area (Å²) >= 11 is 0. The van der Waals surface area contributed by atoms with E-state index in [0.29, 0.717) is 24.2 Å². The fraction of sp³-hybridized carbons (Fsp3) is 0.138. The van der Waals surface area contributed by atoms with E-state index in [0.717, 1.165) is 27.8 Å². The summed E-state index contributed by atoms with van der Waals surface area (Å²) in [5, 5.41) is 16.9. The summed E-state index contributed by atoms with van der Waals surface area (Å²) < 4.78 is 13.4. The third kappa shape index (κ3) is 4.70. The van der Waals surface area contributed by atoms with Crippen LogP contribution in [0.1, 0.15) is 33.1 Å². The van der Waals surface area contributed by atoms with Crippen molar-refractivity contribution in [2.24, 2.45) is 0 Å². The maximum Gasteiger partial charge on any atom is 0.251 e. The van der Waals surface area contributed by atoms with Gasteiger partial charge in [0, 0.05) is 24.2 Å². The number of carbonyl (C=O) groups is 1. The highest BCUT2D eigenvalue weighted by molar-refractivity contribution is 5.95. The molecule has 4 nitrogen and oxygen atoms in total. The highest BCUT2D eigenvalue weighted by Crippen LogP contribution is 2.33. The molecule has 170 valence electrons. The molecule has 4 aromatic carbocycles. The molecule has 0 aliphatic heterocycles. The average Bonchev–Trinajstić information content (AvgIpc) is 3.17. The minimum atomic E-state index is -0.686. The number of halogens is 1. The summed E-state index contributed by atoms with van der Waals surface area (Å²) in [5.74, 6) is -0.513. The van der Waals surface area contributed by atoms with Crippen LogP contribution < -0.4 is 10.6 Å². The molecule has 1 aliphatic carbocycles. The molecule has 0 saturated heterocycles. The predicted octanol–water partition coefficient (Wildman–Crippen LogP) is 5.49. The number of hydrogen-bond acceptors (Lipinski definition) is 3. The van der Waals surface area contributed by atoms with E-state index in [2.05, 4.69) is 10.6 Å². The molecule has 2 atom stereocenters. The second kappa shape index (κ2) is 9.49. The van der Waals surface area contributed by atoms with Crippen molar-refractivity contribution in [2.75, 3.05) is 5.32 Å². The highest BCUT2D eigenvalue weighted by atomic mass is 19.1. The van der Waals surface area contributed by atoms with E-state index in [1.54, 1.807) is 18.2 Å². The van der Waals surface area contributed by atoms with Gasteiger partial charge in [-0.25, -0.2) is 4.39 Å². The minimum Gasteiger partial charge on any atom is -0.390 e. The Balaban J connectivity index is 1.29. The van der Waals surface area contributed by atoms with Crippen molar-refractivity contribution in [1.82, 2.24) is 5.32 Å². The molecule has 0 bridgehead atoms. The Morgan fingerprint density at radius 1 is 0.882 bits per heavy atom. The molecular weight excluding hydrogens is 427 g/mol. The van der Waals surface area contributed by atoms with Crippen LogP contribution in [0.5, 0.6) is 0 Å². The molecule has 0 radical (unpaired) electrons. The van der Waals surface area contributed by atoms with Crippen LogP contribution in [-0.4, -0.2) is 17.1 Å². The van der Waals surface area contributed by atoms with E-state index in [1.165, 1.54) is 12.1 Å². The molecule has 5 heteroatoms. The largest absolute Gasteiger partial charge is 0.390 e. The number of anilines is 1. The lowest BCUT2D eigenvalue weighted by Gasteiger charge is -2.19. The zero-order chi connectivity index (χ0) is 23.5. The van der Waals surface area contributed by atoms with Crippen molar-refractivity contribution in [1.29, 1.82) is 0 Å². The summed E-state index contributed by atoms with van der Waals surface area (Å²) in [7, 11) is 0. The van der Waals surface area contributed by atoms with Gasteiger partial charge in [0.1, 0.15) is 5.82 Å². The van der Waals surface area contributed by atoms with Gasteiger partial charge in [-0.3, -0.25) is 4.79 Å². The van der Waals surface area contributed by atoms with Gasteiger partial charge in [0.2, 0.25) is 0 Å². The quantitative estimate of drug-likeness (QED) is 0.362. The Hall–Kier alpha value is -3.96. The van der Waals surface area contributed by atoms with Gasteiger partial charge in [-0.15, -0.1) is 0 Å². The van der Waals surface area contributed by atoms with Gasteiger partial charge in [-0.1, -0.05) is 66.7 Å². The van der Waals surface area contributed by atoms with Gasteiger partial charge >= 0.3 is 0 Å². The number of aliphatic hydroxyl groups excluding tert-OH is 1. The van der Waals surface area contributed by atoms with Crippen LogP contribution >= 0.6 is 0 Å². The van der Waals surface area contributed by atoms with Crippen molar-refractivity contribution >= 4 is 11.6 Å². The van der Waals surface area contributed by atoms with Crippen LogP contribution in [0.15, 0.2) is 97.1 Å². The number of hydrogen-bond donors (Lipinski definition) is 3. The Morgan fingerprint density at radius 2 is 1.65 bits per heavy atom. The van der Waals surface area contributed by atoms with E-state index < -0.39 is 12.1 Å². The Morgan fingerprint density at radius 3 is 2.41 bits per heavy atom.